The molecule has 1 heterocycles. The number of nitrogens with two attached hydrogens (primary N) is 1. The lowest BCUT2D eigenvalue weighted by molar-refractivity contribution is -0.127. The molecule has 0 saturated heterocycles. The number of nitrogens with zero attached hydrogens (tertiary/aromatic N) is 3. The Hall–Kier alpha value is -1.98. The highest BCUT2D eigenvalue weighted by Crippen LogP contribution is 2.23. The second-order valence-electron chi connectivity index (χ2n) is 4.87. The Morgan fingerprint density at radius 3 is 2.53 bits per heavy atom. The van der Waals surface area contributed by atoms with Crippen LogP contribution in [0.15, 0.2) is 12.1 Å². The zero-order valence-corrected chi connectivity index (χ0v) is 12.2. The molecule has 1 aromatic rings. The summed E-state index contributed by atoms with van der Waals surface area (Å²) in [4.78, 5) is 19.3. The van der Waals surface area contributed by atoms with Crippen molar-refractivity contribution in [1.82, 2.24) is 9.88 Å². The van der Waals surface area contributed by atoms with Crippen LogP contribution in [0.1, 0.15) is 13.8 Å². The molecule has 0 aromatic carbocycles. The van der Waals surface area contributed by atoms with E-state index in [9.17, 15) is 4.79 Å². The summed E-state index contributed by atoms with van der Waals surface area (Å²) in [5, 5.41) is 0. The molecule has 0 bridgehead atoms. The van der Waals surface area contributed by atoms with Crippen molar-refractivity contribution in [2.75, 3.05) is 38.3 Å². The summed E-state index contributed by atoms with van der Waals surface area (Å²) >= 11 is 0. The van der Waals surface area contributed by atoms with Gasteiger partial charge in [0.05, 0.1) is 18.3 Å². The molecule has 6 nitrogen and oxygen atoms in total. The van der Waals surface area contributed by atoms with Gasteiger partial charge in [-0.2, -0.15) is 4.98 Å². The first kappa shape index (κ1) is 15.1. The molecule has 1 rings (SSSR count). The number of hydrogen-bond donors (Lipinski definition) is 1. The molecule has 19 heavy (non-hydrogen) atoms. The minimum atomic E-state index is -0.00115. The summed E-state index contributed by atoms with van der Waals surface area (Å²) in [5.41, 5.74) is 6.30. The van der Waals surface area contributed by atoms with E-state index < -0.39 is 0 Å². The third kappa shape index (κ3) is 4.31. The van der Waals surface area contributed by atoms with Gasteiger partial charge in [0.1, 0.15) is 5.82 Å². The first-order valence-corrected chi connectivity index (χ1v) is 6.15. The Bertz CT molecular complexity index is 446. The van der Waals surface area contributed by atoms with E-state index in [2.05, 4.69) is 4.98 Å². The lowest BCUT2D eigenvalue weighted by atomic mass is 10.3. The SMILES string of the molecule is CC(C)Oc1nc(N(C)CC(=O)N(C)C)ccc1N. The van der Waals surface area contributed by atoms with Crippen molar-refractivity contribution in [3.8, 4) is 5.88 Å². The fraction of sp³-hybridized carbons (Fsp3) is 0.538. The van der Waals surface area contributed by atoms with Gasteiger partial charge in [-0.05, 0) is 26.0 Å². The molecular weight excluding hydrogens is 244 g/mol. The van der Waals surface area contributed by atoms with Crippen LogP contribution in [-0.2, 0) is 4.79 Å². The van der Waals surface area contributed by atoms with E-state index >= 15 is 0 Å². The zero-order valence-electron chi connectivity index (χ0n) is 12.2. The summed E-state index contributed by atoms with van der Waals surface area (Å²) in [5.74, 6) is 1.06. The van der Waals surface area contributed by atoms with Crippen LogP contribution in [-0.4, -0.2) is 49.6 Å². The highest BCUT2D eigenvalue weighted by atomic mass is 16.5. The number of amides is 1. The Balaban J connectivity index is 2.86. The standard InChI is InChI=1S/C13H22N4O2/c1-9(2)19-13-10(14)6-7-11(15-13)17(5)8-12(18)16(3)4/h6-7,9H,8,14H2,1-5H3. The molecule has 0 fully saturated rings. The monoisotopic (exact) mass is 266 g/mol. The number of nitrogen functional groups attached to an aromatic ring is 1. The largest absolute Gasteiger partial charge is 0.473 e. The molecule has 2 N–H and O–H groups in total. The number of anilines is 2. The summed E-state index contributed by atoms with van der Waals surface area (Å²) in [7, 11) is 5.25. The van der Waals surface area contributed by atoms with Gasteiger partial charge in [-0.25, -0.2) is 0 Å². The quantitative estimate of drug-likeness (QED) is 0.860. The van der Waals surface area contributed by atoms with Gasteiger partial charge >= 0.3 is 0 Å². The molecule has 0 saturated carbocycles. The number of aromatic nitrogens is 1. The Labute approximate surface area is 114 Å². The summed E-state index contributed by atoms with van der Waals surface area (Å²) in [6.45, 7) is 4.07. The number of ether oxygens (including phenoxy) is 1. The molecular formula is C13H22N4O2. The van der Waals surface area contributed by atoms with Crippen molar-refractivity contribution in [2.45, 2.75) is 20.0 Å². The van der Waals surface area contributed by atoms with Gasteiger partial charge in [0.25, 0.3) is 0 Å². The fourth-order valence-electron chi connectivity index (χ4n) is 1.40. The molecule has 0 atom stereocenters. The fourth-order valence-corrected chi connectivity index (χ4v) is 1.40. The summed E-state index contributed by atoms with van der Waals surface area (Å²) in [6.07, 6.45) is -0.00115. The number of pyridine rings is 1. The molecule has 1 amide bonds. The van der Waals surface area contributed by atoms with E-state index in [0.717, 1.165) is 0 Å². The van der Waals surface area contributed by atoms with Crippen LogP contribution in [0.25, 0.3) is 0 Å². The van der Waals surface area contributed by atoms with Gasteiger partial charge in [0, 0.05) is 21.1 Å². The maximum Gasteiger partial charge on any atom is 0.241 e. The summed E-state index contributed by atoms with van der Waals surface area (Å²) < 4.78 is 5.53. The van der Waals surface area contributed by atoms with Crippen LogP contribution in [0.2, 0.25) is 0 Å². The summed E-state index contributed by atoms with van der Waals surface area (Å²) in [6, 6.07) is 3.50. The third-order valence-corrected chi connectivity index (χ3v) is 2.48. The number of likely N-dealkylation sites (N-methyl/N-ethyl adjacent to an activating group) is 2. The molecule has 0 spiro atoms. The maximum absolute atomic E-state index is 11.7. The first-order chi connectivity index (χ1) is 8.81. The zero-order chi connectivity index (χ0) is 14.6. The van der Waals surface area contributed by atoms with Gasteiger partial charge in [0.2, 0.25) is 11.8 Å². The van der Waals surface area contributed by atoms with Crippen molar-refractivity contribution < 1.29 is 9.53 Å². The van der Waals surface area contributed by atoms with Crippen LogP contribution >= 0.6 is 0 Å². The number of carbonyl (C=O) groups excluding carboxylic acids is 1. The number of rotatable bonds is 5. The Kier molecular flexibility index (Phi) is 4.97. The van der Waals surface area contributed by atoms with Gasteiger partial charge in [-0.3, -0.25) is 4.79 Å². The predicted octanol–water partition coefficient (Wildman–Crippen LogP) is 0.975. The van der Waals surface area contributed by atoms with Gasteiger partial charge < -0.3 is 20.3 Å². The average molecular weight is 266 g/mol. The van der Waals surface area contributed by atoms with Crippen molar-refractivity contribution >= 4 is 17.4 Å². The number of carbonyl (C=O) groups is 1. The third-order valence-electron chi connectivity index (χ3n) is 2.48. The Morgan fingerprint density at radius 2 is 2.00 bits per heavy atom. The molecule has 0 radical (unpaired) electrons. The topological polar surface area (TPSA) is 71.7 Å². The van der Waals surface area contributed by atoms with E-state index in [1.54, 1.807) is 43.1 Å². The molecule has 0 unspecified atom stereocenters. The van der Waals surface area contributed by atoms with Gasteiger partial charge in [0.15, 0.2) is 0 Å². The van der Waals surface area contributed by atoms with E-state index in [0.29, 0.717) is 17.4 Å². The van der Waals surface area contributed by atoms with E-state index in [4.69, 9.17) is 10.5 Å². The van der Waals surface area contributed by atoms with Crippen molar-refractivity contribution in [3.63, 3.8) is 0 Å². The smallest absolute Gasteiger partial charge is 0.241 e. The first-order valence-electron chi connectivity index (χ1n) is 6.15. The van der Waals surface area contributed by atoms with Crippen molar-refractivity contribution in [3.05, 3.63) is 12.1 Å². The van der Waals surface area contributed by atoms with Crippen LogP contribution < -0.4 is 15.4 Å². The van der Waals surface area contributed by atoms with Crippen LogP contribution in [0.5, 0.6) is 5.88 Å². The Morgan fingerprint density at radius 1 is 1.37 bits per heavy atom. The highest BCUT2D eigenvalue weighted by Gasteiger charge is 2.13. The lowest BCUT2D eigenvalue weighted by Gasteiger charge is -2.21. The van der Waals surface area contributed by atoms with Gasteiger partial charge in [-0.1, -0.05) is 0 Å². The van der Waals surface area contributed by atoms with Crippen molar-refractivity contribution in [1.29, 1.82) is 0 Å². The second-order valence-corrected chi connectivity index (χ2v) is 4.87. The van der Waals surface area contributed by atoms with E-state index in [-0.39, 0.29) is 18.6 Å². The van der Waals surface area contributed by atoms with Crippen LogP contribution in [0.4, 0.5) is 11.5 Å². The van der Waals surface area contributed by atoms with E-state index in [1.807, 2.05) is 13.8 Å². The second kappa shape index (κ2) is 6.26. The normalized spacial score (nSPS) is 10.4. The predicted molar refractivity (Wildman–Crippen MR) is 76.4 cm³/mol. The van der Waals surface area contributed by atoms with Gasteiger partial charge in [-0.15, -0.1) is 0 Å². The molecule has 1 aromatic heterocycles. The van der Waals surface area contributed by atoms with Crippen molar-refractivity contribution in [2.24, 2.45) is 0 Å². The highest BCUT2D eigenvalue weighted by molar-refractivity contribution is 5.80. The minimum Gasteiger partial charge on any atom is -0.473 e. The van der Waals surface area contributed by atoms with E-state index in [1.165, 1.54) is 0 Å². The molecule has 106 valence electrons. The molecule has 0 aliphatic rings. The number of hydrogen-bond acceptors (Lipinski definition) is 5. The maximum atomic E-state index is 11.7. The molecule has 6 heteroatoms. The average Bonchev–Trinajstić information content (AvgIpc) is 2.31. The van der Waals surface area contributed by atoms with Crippen LogP contribution in [0, 0.1) is 0 Å². The minimum absolute atomic E-state index is 0.00115. The molecule has 0 aliphatic heterocycles. The molecule has 0 aliphatic carbocycles. The van der Waals surface area contributed by atoms with Crippen LogP contribution in [0.3, 0.4) is 0 Å². The lowest BCUT2D eigenvalue weighted by Crippen LogP contribution is -2.34.